The number of ether oxygens (including phenoxy) is 1. The van der Waals surface area contributed by atoms with Crippen LogP contribution in [0.3, 0.4) is 0 Å². The predicted octanol–water partition coefficient (Wildman–Crippen LogP) is 1.45. The summed E-state index contributed by atoms with van der Waals surface area (Å²) < 4.78 is 7.09. The molecule has 1 aromatic heterocycles. The van der Waals surface area contributed by atoms with Crippen LogP contribution in [-0.4, -0.2) is 45.2 Å². The van der Waals surface area contributed by atoms with E-state index in [-0.39, 0.29) is 19.1 Å². The molecule has 0 spiro atoms. The van der Waals surface area contributed by atoms with Crippen molar-refractivity contribution in [2.45, 2.75) is 12.1 Å². The first kappa shape index (κ1) is 16.0. The Morgan fingerprint density at radius 1 is 1.30 bits per heavy atom. The van der Waals surface area contributed by atoms with E-state index in [1.807, 2.05) is 48.3 Å². The van der Waals surface area contributed by atoms with Crippen LogP contribution >= 0.6 is 0 Å². The fraction of sp³-hybridized carbons (Fsp3) is 0.250. The lowest BCUT2D eigenvalue weighted by atomic mass is 9.96. The van der Waals surface area contributed by atoms with Gasteiger partial charge in [0.15, 0.2) is 5.60 Å². The van der Waals surface area contributed by atoms with E-state index >= 15 is 0 Å². The molecular formula is C20H18N4O3. The third-order valence-electron chi connectivity index (χ3n) is 5.49. The molecule has 5 rings (SSSR count). The van der Waals surface area contributed by atoms with Crippen LogP contribution in [0.25, 0.3) is 22.0 Å². The van der Waals surface area contributed by atoms with E-state index in [0.717, 1.165) is 27.6 Å². The fourth-order valence-corrected chi connectivity index (χ4v) is 3.81. The summed E-state index contributed by atoms with van der Waals surface area (Å²) in [6.45, 7) is 0.897. The fourth-order valence-electron chi connectivity index (χ4n) is 3.81. The second-order valence-electron chi connectivity index (χ2n) is 7.18. The summed E-state index contributed by atoms with van der Waals surface area (Å²) >= 11 is 0. The standard InChI is InChI=1S/C20H18N4O3/c1-23-17-7-12(5-6-13(17)8-22-23)14-3-2-4-15-16(14)9-24(18(15)25)10-20(11-27-20)19(21)26/h2-8H,9-11H2,1H3,(H2,21,26). The number of primary amides is 1. The molecule has 7 nitrogen and oxygen atoms in total. The molecule has 3 heterocycles. The Kier molecular flexibility index (Phi) is 3.21. The van der Waals surface area contributed by atoms with Crippen LogP contribution in [0.5, 0.6) is 0 Å². The summed E-state index contributed by atoms with van der Waals surface area (Å²) in [7, 11) is 1.91. The number of carbonyl (C=O) groups is 2. The molecule has 2 aliphatic rings. The van der Waals surface area contributed by atoms with Gasteiger partial charge in [0, 0.05) is 24.5 Å². The Morgan fingerprint density at radius 3 is 2.81 bits per heavy atom. The number of fused-ring (bicyclic) bond motifs is 2. The molecule has 0 saturated carbocycles. The molecule has 1 saturated heterocycles. The number of amides is 2. The summed E-state index contributed by atoms with van der Waals surface area (Å²) in [6.07, 6.45) is 1.83. The summed E-state index contributed by atoms with van der Waals surface area (Å²) in [5.41, 5.74) is 9.11. The van der Waals surface area contributed by atoms with Crippen LogP contribution in [-0.2, 0) is 23.1 Å². The number of epoxide rings is 1. The summed E-state index contributed by atoms with van der Waals surface area (Å²) in [4.78, 5) is 26.1. The Balaban J connectivity index is 1.54. The molecule has 2 aromatic carbocycles. The van der Waals surface area contributed by atoms with E-state index in [2.05, 4.69) is 11.2 Å². The highest BCUT2D eigenvalue weighted by Crippen LogP contribution is 2.36. The van der Waals surface area contributed by atoms with E-state index in [1.165, 1.54) is 0 Å². The highest BCUT2D eigenvalue weighted by atomic mass is 16.6. The Hall–Kier alpha value is -3.19. The van der Waals surface area contributed by atoms with E-state index in [0.29, 0.717) is 12.1 Å². The lowest BCUT2D eigenvalue weighted by molar-refractivity contribution is -0.123. The van der Waals surface area contributed by atoms with Gasteiger partial charge in [-0.05, 0) is 28.8 Å². The first-order valence-corrected chi connectivity index (χ1v) is 8.76. The molecule has 0 radical (unpaired) electrons. The first-order chi connectivity index (χ1) is 13.0. The van der Waals surface area contributed by atoms with Gasteiger partial charge in [-0.3, -0.25) is 14.3 Å². The number of rotatable bonds is 4. The third-order valence-corrected chi connectivity index (χ3v) is 5.49. The van der Waals surface area contributed by atoms with Crippen LogP contribution in [0, 0.1) is 0 Å². The topological polar surface area (TPSA) is 93.8 Å². The van der Waals surface area contributed by atoms with Crippen molar-refractivity contribution in [3.8, 4) is 11.1 Å². The highest BCUT2D eigenvalue weighted by Gasteiger charge is 2.53. The Bertz CT molecular complexity index is 1110. The maximum absolute atomic E-state index is 12.8. The molecule has 27 heavy (non-hydrogen) atoms. The number of nitrogens with zero attached hydrogens (tertiary/aromatic N) is 3. The van der Waals surface area contributed by atoms with Crippen molar-refractivity contribution < 1.29 is 14.3 Å². The molecular weight excluding hydrogens is 344 g/mol. The number of nitrogens with two attached hydrogens (primary N) is 1. The van der Waals surface area contributed by atoms with Gasteiger partial charge in [0.05, 0.1) is 24.9 Å². The largest absolute Gasteiger partial charge is 0.367 e. The van der Waals surface area contributed by atoms with Crippen molar-refractivity contribution in [1.82, 2.24) is 14.7 Å². The van der Waals surface area contributed by atoms with Gasteiger partial charge in [0.25, 0.3) is 11.8 Å². The molecule has 136 valence electrons. The van der Waals surface area contributed by atoms with Gasteiger partial charge in [0.2, 0.25) is 0 Å². The second-order valence-corrected chi connectivity index (χ2v) is 7.18. The zero-order valence-corrected chi connectivity index (χ0v) is 14.8. The minimum absolute atomic E-state index is 0.0930. The summed E-state index contributed by atoms with van der Waals surface area (Å²) in [5, 5.41) is 5.36. The quantitative estimate of drug-likeness (QED) is 0.711. The molecule has 1 fully saturated rings. The minimum Gasteiger partial charge on any atom is -0.367 e. The molecule has 0 aliphatic carbocycles. The number of aromatic nitrogens is 2. The van der Waals surface area contributed by atoms with Gasteiger partial charge in [-0.2, -0.15) is 5.10 Å². The summed E-state index contributed by atoms with van der Waals surface area (Å²) in [6, 6.07) is 11.9. The van der Waals surface area contributed by atoms with Gasteiger partial charge in [-0.1, -0.05) is 24.3 Å². The predicted molar refractivity (Wildman–Crippen MR) is 98.8 cm³/mol. The van der Waals surface area contributed by atoms with Gasteiger partial charge in [-0.25, -0.2) is 0 Å². The van der Waals surface area contributed by atoms with Gasteiger partial charge in [0.1, 0.15) is 0 Å². The molecule has 2 amide bonds. The number of hydrogen-bond acceptors (Lipinski definition) is 4. The zero-order chi connectivity index (χ0) is 18.8. The second kappa shape index (κ2) is 5.40. The van der Waals surface area contributed by atoms with Crippen LogP contribution in [0.1, 0.15) is 15.9 Å². The molecule has 7 heteroatoms. The SMILES string of the molecule is Cn1ncc2ccc(-c3cccc4c3CN(CC3(C(N)=O)CO3)C4=O)cc21. The highest BCUT2D eigenvalue weighted by molar-refractivity contribution is 6.01. The maximum Gasteiger partial charge on any atom is 0.254 e. The number of hydrogen-bond donors (Lipinski definition) is 1. The molecule has 1 atom stereocenters. The molecule has 1 unspecified atom stereocenters. The lowest BCUT2D eigenvalue weighted by Crippen LogP contribution is -2.43. The number of carbonyl (C=O) groups excluding carboxylic acids is 2. The molecule has 3 aromatic rings. The van der Waals surface area contributed by atoms with Crippen LogP contribution in [0.4, 0.5) is 0 Å². The number of benzene rings is 2. The van der Waals surface area contributed by atoms with Crippen molar-refractivity contribution in [1.29, 1.82) is 0 Å². The minimum atomic E-state index is -1.02. The Labute approximate surface area is 155 Å². The van der Waals surface area contributed by atoms with Crippen molar-refractivity contribution in [3.05, 3.63) is 53.7 Å². The monoisotopic (exact) mass is 362 g/mol. The van der Waals surface area contributed by atoms with Crippen LogP contribution < -0.4 is 5.73 Å². The van der Waals surface area contributed by atoms with E-state index in [4.69, 9.17) is 10.5 Å². The zero-order valence-electron chi connectivity index (χ0n) is 14.8. The maximum atomic E-state index is 12.8. The van der Waals surface area contributed by atoms with Crippen LogP contribution in [0.15, 0.2) is 42.6 Å². The van der Waals surface area contributed by atoms with Crippen molar-refractivity contribution in [2.75, 3.05) is 13.2 Å². The van der Waals surface area contributed by atoms with Crippen molar-refractivity contribution in [2.24, 2.45) is 12.8 Å². The molecule has 0 bridgehead atoms. The lowest BCUT2D eigenvalue weighted by Gasteiger charge is -2.18. The van der Waals surface area contributed by atoms with Gasteiger partial charge in [-0.15, -0.1) is 0 Å². The average Bonchev–Trinajstić information content (AvgIpc) is 3.27. The first-order valence-electron chi connectivity index (χ1n) is 8.76. The normalized spacial score (nSPS) is 20.9. The van der Waals surface area contributed by atoms with Gasteiger partial charge >= 0.3 is 0 Å². The van der Waals surface area contributed by atoms with Crippen molar-refractivity contribution in [3.63, 3.8) is 0 Å². The molecule has 2 aliphatic heterocycles. The smallest absolute Gasteiger partial charge is 0.254 e. The van der Waals surface area contributed by atoms with E-state index in [9.17, 15) is 9.59 Å². The van der Waals surface area contributed by atoms with Gasteiger partial charge < -0.3 is 15.4 Å². The Morgan fingerprint density at radius 2 is 2.07 bits per heavy atom. The number of aryl methyl sites for hydroxylation is 1. The average molecular weight is 362 g/mol. The van der Waals surface area contributed by atoms with E-state index < -0.39 is 11.5 Å². The third kappa shape index (κ3) is 2.35. The summed E-state index contributed by atoms with van der Waals surface area (Å²) in [5.74, 6) is -0.613. The molecule has 2 N–H and O–H groups in total. The van der Waals surface area contributed by atoms with E-state index in [1.54, 1.807) is 4.90 Å². The van der Waals surface area contributed by atoms with Crippen LogP contribution in [0.2, 0.25) is 0 Å². The van der Waals surface area contributed by atoms with Crippen molar-refractivity contribution >= 4 is 22.7 Å².